The van der Waals surface area contributed by atoms with E-state index in [1.807, 2.05) is 24.3 Å². The molecule has 1 amide bonds. The van der Waals surface area contributed by atoms with Gasteiger partial charge in [0.2, 0.25) is 0 Å². The summed E-state index contributed by atoms with van der Waals surface area (Å²) in [4.78, 5) is 14.4. The predicted octanol–water partition coefficient (Wildman–Crippen LogP) is 1.63. The maximum atomic E-state index is 12.6. The van der Waals surface area contributed by atoms with Crippen LogP contribution in [0.5, 0.6) is 5.75 Å². The molecule has 7 heteroatoms. The van der Waals surface area contributed by atoms with Crippen molar-refractivity contribution in [2.45, 2.75) is 25.5 Å². The molecule has 0 saturated carbocycles. The van der Waals surface area contributed by atoms with Crippen LogP contribution in [-0.4, -0.2) is 52.6 Å². The average Bonchev–Trinajstić information content (AvgIpc) is 3.28. The second kappa shape index (κ2) is 7.23. The van der Waals surface area contributed by atoms with Gasteiger partial charge in [-0.05, 0) is 30.5 Å². The van der Waals surface area contributed by atoms with E-state index < -0.39 is 0 Å². The molecule has 1 aliphatic rings. The molecule has 1 N–H and O–H groups in total. The largest absolute Gasteiger partial charge is 0.497 e. The lowest BCUT2D eigenvalue weighted by molar-refractivity contribution is 0.0503. The van der Waals surface area contributed by atoms with E-state index in [-0.39, 0.29) is 12.0 Å². The molecule has 23 heavy (non-hydrogen) atoms. The summed E-state index contributed by atoms with van der Waals surface area (Å²) in [6, 6.07) is 7.69. The number of rotatable bonds is 6. The van der Waals surface area contributed by atoms with Crippen molar-refractivity contribution >= 4 is 5.91 Å². The highest BCUT2D eigenvalue weighted by molar-refractivity contribution is 5.91. The van der Waals surface area contributed by atoms with E-state index in [9.17, 15) is 4.79 Å². The summed E-state index contributed by atoms with van der Waals surface area (Å²) in [6.45, 7) is 1.81. The number of amides is 1. The Morgan fingerprint density at radius 3 is 2.87 bits per heavy atom. The summed E-state index contributed by atoms with van der Waals surface area (Å²) in [5.41, 5.74) is 1.34. The summed E-state index contributed by atoms with van der Waals surface area (Å²) < 4.78 is 10.8. The van der Waals surface area contributed by atoms with Crippen LogP contribution >= 0.6 is 0 Å². The maximum Gasteiger partial charge on any atom is 0.276 e. The van der Waals surface area contributed by atoms with Crippen LogP contribution in [-0.2, 0) is 11.3 Å². The van der Waals surface area contributed by atoms with Gasteiger partial charge in [-0.1, -0.05) is 12.1 Å². The Bertz CT molecular complexity index is 621. The van der Waals surface area contributed by atoms with Crippen molar-refractivity contribution in [2.75, 3.05) is 20.3 Å². The first-order valence-corrected chi connectivity index (χ1v) is 7.66. The minimum absolute atomic E-state index is 0.0871. The van der Waals surface area contributed by atoms with E-state index in [1.165, 1.54) is 6.20 Å². The molecule has 1 aromatic carbocycles. The molecular formula is C16H20N4O3. The van der Waals surface area contributed by atoms with E-state index in [0.29, 0.717) is 18.8 Å². The summed E-state index contributed by atoms with van der Waals surface area (Å²) in [7, 11) is 1.63. The molecule has 0 bridgehead atoms. The van der Waals surface area contributed by atoms with Gasteiger partial charge in [-0.2, -0.15) is 15.4 Å². The standard InChI is InChI=1S/C16H20N4O3/c1-22-13-6-4-12(5-7-13)10-20(11-14-3-2-8-23-14)16(21)15-9-17-19-18-15/h4-7,9,14H,2-3,8,10-11H2,1H3,(H,17,18,19)/t14-/m1/s1. The van der Waals surface area contributed by atoms with Gasteiger partial charge in [0.1, 0.15) is 5.75 Å². The first-order chi connectivity index (χ1) is 11.3. The summed E-state index contributed by atoms with van der Waals surface area (Å²) in [5.74, 6) is 0.646. The molecule has 0 unspecified atom stereocenters. The number of ether oxygens (including phenoxy) is 2. The van der Waals surface area contributed by atoms with Crippen molar-refractivity contribution in [2.24, 2.45) is 0 Å². The van der Waals surface area contributed by atoms with Crippen molar-refractivity contribution in [3.63, 3.8) is 0 Å². The highest BCUT2D eigenvalue weighted by Crippen LogP contribution is 2.18. The minimum Gasteiger partial charge on any atom is -0.497 e. The zero-order valence-electron chi connectivity index (χ0n) is 13.1. The lowest BCUT2D eigenvalue weighted by atomic mass is 10.1. The molecule has 1 fully saturated rings. The van der Waals surface area contributed by atoms with Crippen LogP contribution in [0.3, 0.4) is 0 Å². The Morgan fingerprint density at radius 2 is 2.26 bits per heavy atom. The summed E-state index contributed by atoms with van der Waals surface area (Å²) in [6.07, 6.45) is 3.55. The van der Waals surface area contributed by atoms with Crippen LogP contribution in [0, 0.1) is 0 Å². The monoisotopic (exact) mass is 316 g/mol. The number of methoxy groups -OCH3 is 1. The van der Waals surface area contributed by atoms with E-state index in [1.54, 1.807) is 12.0 Å². The highest BCUT2D eigenvalue weighted by Gasteiger charge is 2.24. The van der Waals surface area contributed by atoms with Crippen molar-refractivity contribution in [3.05, 3.63) is 41.7 Å². The molecule has 1 aliphatic heterocycles. The van der Waals surface area contributed by atoms with Gasteiger partial charge in [-0.3, -0.25) is 4.79 Å². The number of carbonyl (C=O) groups excluding carboxylic acids is 1. The second-order valence-electron chi connectivity index (χ2n) is 5.52. The third-order valence-corrected chi connectivity index (χ3v) is 3.90. The Hall–Kier alpha value is -2.41. The summed E-state index contributed by atoms with van der Waals surface area (Å²) >= 11 is 0. The number of benzene rings is 1. The van der Waals surface area contributed by atoms with E-state index in [2.05, 4.69) is 15.4 Å². The Kier molecular flexibility index (Phi) is 4.87. The van der Waals surface area contributed by atoms with Crippen LogP contribution in [0.15, 0.2) is 30.5 Å². The number of nitrogens with zero attached hydrogens (tertiary/aromatic N) is 3. The van der Waals surface area contributed by atoms with Gasteiger partial charge in [0.25, 0.3) is 5.91 Å². The average molecular weight is 316 g/mol. The lowest BCUT2D eigenvalue weighted by Gasteiger charge is -2.24. The quantitative estimate of drug-likeness (QED) is 0.876. The highest BCUT2D eigenvalue weighted by atomic mass is 16.5. The Balaban J connectivity index is 1.74. The summed E-state index contributed by atoms with van der Waals surface area (Å²) in [5, 5.41) is 10.1. The smallest absolute Gasteiger partial charge is 0.276 e. The number of nitrogens with one attached hydrogen (secondary N) is 1. The van der Waals surface area contributed by atoms with E-state index >= 15 is 0 Å². The molecule has 1 saturated heterocycles. The van der Waals surface area contributed by atoms with Gasteiger partial charge >= 0.3 is 0 Å². The molecule has 3 rings (SSSR count). The zero-order valence-corrected chi connectivity index (χ0v) is 13.1. The molecule has 0 spiro atoms. The van der Waals surface area contributed by atoms with Crippen molar-refractivity contribution in [1.82, 2.24) is 20.3 Å². The SMILES string of the molecule is COc1ccc(CN(C[C@H]2CCCO2)C(=O)c2cn[nH]n2)cc1. The molecule has 0 radical (unpaired) electrons. The minimum atomic E-state index is -0.148. The number of aromatic amines is 1. The maximum absolute atomic E-state index is 12.6. The van der Waals surface area contributed by atoms with Gasteiger partial charge in [-0.15, -0.1) is 0 Å². The van der Waals surface area contributed by atoms with Crippen molar-refractivity contribution in [1.29, 1.82) is 0 Å². The van der Waals surface area contributed by atoms with Crippen molar-refractivity contribution in [3.8, 4) is 5.75 Å². The Morgan fingerprint density at radius 1 is 1.43 bits per heavy atom. The topological polar surface area (TPSA) is 80.3 Å². The number of hydrogen-bond acceptors (Lipinski definition) is 5. The first kappa shape index (κ1) is 15.5. The van der Waals surface area contributed by atoms with E-state index in [0.717, 1.165) is 30.8 Å². The van der Waals surface area contributed by atoms with E-state index in [4.69, 9.17) is 9.47 Å². The molecule has 0 aliphatic carbocycles. The van der Waals surface area contributed by atoms with Crippen LogP contribution in [0.2, 0.25) is 0 Å². The fourth-order valence-corrected chi connectivity index (χ4v) is 2.67. The van der Waals surface area contributed by atoms with Crippen molar-refractivity contribution < 1.29 is 14.3 Å². The van der Waals surface area contributed by atoms with Gasteiger partial charge < -0.3 is 14.4 Å². The fourth-order valence-electron chi connectivity index (χ4n) is 2.67. The Labute approximate surface area is 134 Å². The predicted molar refractivity (Wildman–Crippen MR) is 83.1 cm³/mol. The first-order valence-electron chi connectivity index (χ1n) is 7.66. The van der Waals surface area contributed by atoms with Crippen LogP contribution in [0.1, 0.15) is 28.9 Å². The number of H-pyrrole nitrogens is 1. The third-order valence-electron chi connectivity index (χ3n) is 3.90. The van der Waals surface area contributed by atoms with Gasteiger partial charge in [-0.25, -0.2) is 0 Å². The molecule has 2 aromatic rings. The molecular weight excluding hydrogens is 296 g/mol. The van der Waals surface area contributed by atoms with Crippen LogP contribution in [0.25, 0.3) is 0 Å². The zero-order chi connectivity index (χ0) is 16.1. The molecule has 7 nitrogen and oxygen atoms in total. The number of aromatic nitrogens is 3. The lowest BCUT2D eigenvalue weighted by Crippen LogP contribution is -2.37. The van der Waals surface area contributed by atoms with Gasteiger partial charge in [0.05, 0.1) is 19.4 Å². The molecule has 122 valence electrons. The molecule has 1 atom stereocenters. The van der Waals surface area contributed by atoms with Gasteiger partial charge in [0.15, 0.2) is 5.69 Å². The second-order valence-corrected chi connectivity index (χ2v) is 5.52. The van der Waals surface area contributed by atoms with Crippen LogP contribution < -0.4 is 4.74 Å². The van der Waals surface area contributed by atoms with Crippen LogP contribution in [0.4, 0.5) is 0 Å². The molecule has 2 heterocycles. The third kappa shape index (κ3) is 3.87. The normalized spacial score (nSPS) is 17.2. The fraction of sp³-hybridized carbons (Fsp3) is 0.438. The number of carbonyl (C=O) groups is 1. The van der Waals surface area contributed by atoms with Gasteiger partial charge in [0, 0.05) is 19.7 Å². The number of hydrogen-bond donors (Lipinski definition) is 1. The molecule has 1 aromatic heterocycles.